The number of ether oxygens (including phenoxy) is 1. The zero-order valence-corrected chi connectivity index (χ0v) is 24.2. The van der Waals surface area contributed by atoms with Crippen molar-refractivity contribution in [3.63, 3.8) is 0 Å². The lowest BCUT2D eigenvalue weighted by atomic mass is 9.85. The summed E-state index contributed by atoms with van der Waals surface area (Å²) in [5.74, 6) is 0.945. The summed E-state index contributed by atoms with van der Waals surface area (Å²) in [5.41, 5.74) is 6.27. The first kappa shape index (κ1) is 26.6. The summed E-state index contributed by atoms with van der Waals surface area (Å²) in [5, 5.41) is 12.5. The maximum absolute atomic E-state index is 13.4. The van der Waals surface area contributed by atoms with Crippen molar-refractivity contribution in [3.05, 3.63) is 88.5 Å². The van der Waals surface area contributed by atoms with E-state index in [2.05, 4.69) is 72.5 Å². The molecule has 3 heterocycles. The lowest BCUT2D eigenvalue weighted by molar-refractivity contribution is 0.0467. The number of amides is 1. The summed E-state index contributed by atoms with van der Waals surface area (Å²) in [6.07, 6.45) is 4.29. The Bertz CT molecular complexity index is 1610. The van der Waals surface area contributed by atoms with Crippen LogP contribution in [0.3, 0.4) is 0 Å². The van der Waals surface area contributed by atoms with E-state index in [1.807, 2.05) is 42.5 Å². The highest BCUT2D eigenvalue weighted by Gasteiger charge is 2.37. The molecule has 6 nitrogen and oxygen atoms in total. The highest BCUT2D eigenvalue weighted by Crippen LogP contribution is 2.42. The highest BCUT2D eigenvalue weighted by molar-refractivity contribution is 6.31. The molecule has 0 saturated carbocycles. The number of nitrogens with one attached hydrogen (secondary N) is 2. The van der Waals surface area contributed by atoms with E-state index in [4.69, 9.17) is 16.3 Å². The van der Waals surface area contributed by atoms with Crippen molar-refractivity contribution in [1.29, 1.82) is 0 Å². The Hall–Kier alpha value is -3.61. The van der Waals surface area contributed by atoms with E-state index in [0.717, 1.165) is 65.0 Å². The fourth-order valence-corrected chi connectivity index (χ4v) is 6.22. The summed E-state index contributed by atoms with van der Waals surface area (Å²) in [6, 6.07) is 19.4. The molecular weight excluding hydrogens is 520 g/mol. The van der Waals surface area contributed by atoms with Crippen LogP contribution in [0.4, 0.5) is 0 Å². The molecule has 3 aromatic carbocycles. The molecule has 2 N–H and O–H groups in total. The van der Waals surface area contributed by atoms with Gasteiger partial charge in [-0.1, -0.05) is 43.6 Å². The Morgan fingerprint density at radius 1 is 1.10 bits per heavy atom. The Morgan fingerprint density at radius 2 is 1.88 bits per heavy atom. The smallest absolute Gasteiger partial charge is 0.251 e. The maximum Gasteiger partial charge on any atom is 0.251 e. The van der Waals surface area contributed by atoms with Gasteiger partial charge in [-0.3, -0.25) is 9.89 Å². The molecule has 1 unspecified atom stereocenters. The fraction of sp³-hybridized carbons (Fsp3) is 0.333. The molecule has 206 valence electrons. The van der Waals surface area contributed by atoms with Gasteiger partial charge in [0, 0.05) is 53.0 Å². The Balaban J connectivity index is 1.30. The number of hydrogen-bond donors (Lipinski definition) is 2. The van der Waals surface area contributed by atoms with E-state index >= 15 is 0 Å². The van der Waals surface area contributed by atoms with Gasteiger partial charge in [-0.2, -0.15) is 5.10 Å². The van der Waals surface area contributed by atoms with Crippen molar-refractivity contribution in [3.8, 4) is 17.0 Å². The standard InChI is InChI=1S/C33H35ClN4O2/c1-20(2)30(24-7-5-6-8-27(24)34)35-32(39)23-9-11-28-26(18-23)31(37-36-28)22-10-12-29-25(17-22)21(3)19-33(40-29)13-15-38(4)16-14-33/h5-12,17-20,30H,13-16H2,1-4H3,(H,35,39)(H,36,37). The van der Waals surface area contributed by atoms with Gasteiger partial charge < -0.3 is 15.0 Å². The monoisotopic (exact) mass is 554 g/mol. The van der Waals surface area contributed by atoms with Crippen LogP contribution in [0.5, 0.6) is 5.75 Å². The van der Waals surface area contributed by atoms with Crippen molar-refractivity contribution in [1.82, 2.24) is 20.4 Å². The maximum atomic E-state index is 13.4. The van der Waals surface area contributed by atoms with Gasteiger partial charge in [-0.25, -0.2) is 0 Å². The molecule has 0 aliphatic carbocycles. The van der Waals surface area contributed by atoms with Gasteiger partial charge in [-0.05, 0) is 79.6 Å². The first-order chi connectivity index (χ1) is 19.2. The molecular formula is C33H35ClN4O2. The summed E-state index contributed by atoms with van der Waals surface area (Å²) < 4.78 is 6.60. The van der Waals surface area contributed by atoms with Crippen LogP contribution in [0, 0.1) is 5.92 Å². The van der Waals surface area contributed by atoms with Crippen LogP contribution in [0.25, 0.3) is 27.7 Å². The van der Waals surface area contributed by atoms with Gasteiger partial charge in [-0.15, -0.1) is 0 Å². The first-order valence-electron chi connectivity index (χ1n) is 14.0. The van der Waals surface area contributed by atoms with Gasteiger partial charge >= 0.3 is 0 Å². The number of halogens is 1. The molecule has 2 aliphatic heterocycles. The molecule has 40 heavy (non-hydrogen) atoms. The molecule has 6 rings (SSSR count). The minimum absolute atomic E-state index is 0.145. The molecule has 1 atom stereocenters. The third-order valence-electron chi connectivity index (χ3n) is 8.32. The minimum Gasteiger partial charge on any atom is -0.482 e. The Kier molecular flexibility index (Phi) is 6.93. The number of likely N-dealkylation sites (tertiary alicyclic amines) is 1. The molecule has 7 heteroatoms. The molecule has 2 aliphatic rings. The lowest BCUT2D eigenvalue weighted by Crippen LogP contribution is -2.46. The number of aromatic amines is 1. The number of H-pyrrole nitrogens is 1. The van der Waals surface area contributed by atoms with Gasteiger partial charge in [0.15, 0.2) is 0 Å². The van der Waals surface area contributed by atoms with Gasteiger partial charge in [0.05, 0.1) is 17.3 Å². The van der Waals surface area contributed by atoms with E-state index < -0.39 is 0 Å². The topological polar surface area (TPSA) is 70.2 Å². The Morgan fingerprint density at radius 3 is 2.62 bits per heavy atom. The molecule has 0 bridgehead atoms. The van der Waals surface area contributed by atoms with Crippen molar-refractivity contribution >= 4 is 34.0 Å². The summed E-state index contributed by atoms with van der Waals surface area (Å²) in [6.45, 7) is 8.39. The molecule has 4 aromatic rings. The number of hydrogen-bond acceptors (Lipinski definition) is 4. The van der Waals surface area contributed by atoms with Crippen molar-refractivity contribution in [2.75, 3.05) is 20.1 Å². The highest BCUT2D eigenvalue weighted by atomic mass is 35.5. The SMILES string of the molecule is CC1=CC2(CCN(C)CC2)Oc2ccc(-c3n[nH]c4ccc(C(=O)NC(c5ccccc5Cl)C(C)C)cc34)cc21. The third kappa shape index (κ3) is 4.91. The molecule has 1 amide bonds. The second-order valence-electron chi connectivity index (χ2n) is 11.6. The zero-order valence-electron chi connectivity index (χ0n) is 23.4. The zero-order chi connectivity index (χ0) is 28.0. The van der Waals surface area contributed by atoms with E-state index in [9.17, 15) is 4.79 Å². The van der Waals surface area contributed by atoms with Crippen LogP contribution in [0.1, 0.15) is 61.1 Å². The number of carbonyl (C=O) groups excluding carboxylic acids is 1. The number of piperidine rings is 1. The molecule has 1 saturated heterocycles. The fourth-order valence-electron chi connectivity index (χ4n) is 5.97. The summed E-state index contributed by atoms with van der Waals surface area (Å²) in [7, 11) is 2.16. The number of rotatable bonds is 5. The van der Waals surface area contributed by atoms with Crippen LogP contribution in [-0.2, 0) is 0 Å². The second-order valence-corrected chi connectivity index (χ2v) is 12.0. The number of fused-ring (bicyclic) bond motifs is 2. The van der Waals surface area contributed by atoms with Crippen LogP contribution in [-0.4, -0.2) is 46.7 Å². The quantitative estimate of drug-likeness (QED) is 0.272. The van der Waals surface area contributed by atoms with Crippen molar-refractivity contribution in [2.45, 2.75) is 45.3 Å². The van der Waals surface area contributed by atoms with E-state index in [1.54, 1.807) is 0 Å². The molecule has 1 aromatic heterocycles. The van der Waals surface area contributed by atoms with Gasteiger partial charge in [0.1, 0.15) is 11.4 Å². The van der Waals surface area contributed by atoms with Crippen molar-refractivity contribution < 1.29 is 9.53 Å². The van der Waals surface area contributed by atoms with Crippen LogP contribution in [0.15, 0.2) is 66.7 Å². The third-order valence-corrected chi connectivity index (χ3v) is 8.67. The minimum atomic E-state index is -0.218. The molecule has 1 spiro atoms. The van der Waals surface area contributed by atoms with Gasteiger partial charge in [0.25, 0.3) is 5.91 Å². The van der Waals surface area contributed by atoms with Crippen LogP contribution < -0.4 is 10.1 Å². The average Bonchev–Trinajstić information content (AvgIpc) is 3.37. The van der Waals surface area contributed by atoms with E-state index in [-0.39, 0.29) is 23.5 Å². The number of carbonyl (C=O) groups is 1. The summed E-state index contributed by atoms with van der Waals surface area (Å²) >= 11 is 6.48. The number of allylic oxidation sites excluding steroid dienone is 1. The second kappa shape index (κ2) is 10.4. The van der Waals surface area contributed by atoms with Crippen LogP contribution in [0.2, 0.25) is 5.02 Å². The lowest BCUT2D eigenvalue weighted by Gasteiger charge is -2.42. The number of benzene rings is 3. The Labute approximate surface area is 240 Å². The predicted molar refractivity (Wildman–Crippen MR) is 162 cm³/mol. The van der Waals surface area contributed by atoms with E-state index in [0.29, 0.717) is 10.6 Å². The first-order valence-corrected chi connectivity index (χ1v) is 14.4. The number of nitrogens with zero attached hydrogens (tertiary/aromatic N) is 2. The normalized spacial score (nSPS) is 17.4. The average molecular weight is 555 g/mol. The largest absolute Gasteiger partial charge is 0.482 e. The van der Waals surface area contributed by atoms with E-state index in [1.165, 1.54) is 5.57 Å². The van der Waals surface area contributed by atoms with Crippen LogP contribution >= 0.6 is 11.6 Å². The molecule has 0 radical (unpaired) electrons. The van der Waals surface area contributed by atoms with Crippen molar-refractivity contribution in [2.24, 2.45) is 5.92 Å². The predicted octanol–water partition coefficient (Wildman–Crippen LogP) is 7.27. The van der Waals surface area contributed by atoms with Gasteiger partial charge in [0.2, 0.25) is 0 Å². The molecule has 1 fully saturated rings. The summed E-state index contributed by atoms with van der Waals surface area (Å²) in [4.78, 5) is 15.8. The number of aromatic nitrogens is 2.